The molecule has 4 heterocycles. The van der Waals surface area contributed by atoms with Crippen molar-refractivity contribution in [3.05, 3.63) is 41.7 Å². The quantitative estimate of drug-likeness (QED) is 0.662. The number of amides is 1. The smallest absolute Gasteiger partial charge is 0.219 e. The van der Waals surface area contributed by atoms with Gasteiger partial charge in [0.2, 0.25) is 11.8 Å². The Labute approximate surface area is 165 Å². The number of halogens is 1. The van der Waals surface area contributed by atoms with Gasteiger partial charge in [-0.25, -0.2) is 14.4 Å². The van der Waals surface area contributed by atoms with Gasteiger partial charge in [-0.15, -0.1) is 0 Å². The van der Waals surface area contributed by atoms with Crippen LogP contribution in [-0.4, -0.2) is 47.5 Å². The number of benzene rings is 1. The molecule has 0 saturated carbocycles. The lowest BCUT2D eigenvalue weighted by molar-refractivity contribution is -0.127. The first-order chi connectivity index (χ1) is 13.5. The van der Waals surface area contributed by atoms with Crippen molar-refractivity contribution in [2.75, 3.05) is 31.6 Å². The molecule has 1 unspecified atom stereocenters. The van der Waals surface area contributed by atoms with Crippen LogP contribution in [0.5, 0.6) is 5.88 Å². The normalized spacial score (nSPS) is 21.0. The van der Waals surface area contributed by atoms with Crippen molar-refractivity contribution in [3.8, 4) is 5.88 Å². The number of hydrogen-bond acceptors (Lipinski definition) is 6. The zero-order valence-electron chi connectivity index (χ0n) is 15.6. The second-order valence-electron chi connectivity index (χ2n) is 7.39. The lowest BCUT2D eigenvalue weighted by Gasteiger charge is -2.25. The standard InChI is InChI=1S/C20H19FN4O2S/c1-12(26)24-8-7-20(10-24)11-25(16-5-3-13(21)9-14(16)20)19-22-15-4-6-17(27-2)23-18(15)28-19/h3-6,9H,7-8,10-11H2,1-2H3. The van der Waals surface area contributed by atoms with Crippen molar-refractivity contribution in [3.63, 3.8) is 0 Å². The summed E-state index contributed by atoms with van der Waals surface area (Å²) in [4.78, 5) is 25.9. The molecule has 1 spiro atoms. The number of fused-ring (bicyclic) bond motifs is 3. The minimum Gasteiger partial charge on any atom is -0.481 e. The molecular weight excluding hydrogens is 379 g/mol. The van der Waals surface area contributed by atoms with Crippen LogP contribution in [0, 0.1) is 5.82 Å². The molecule has 2 aliphatic heterocycles. The number of thiazole rings is 1. The Kier molecular flexibility index (Phi) is 3.80. The van der Waals surface area contributed by atoms with Crippen LogP contribution in [0.3, 0.4) is 0 Å². The number of likely N-dealkylation sites (tertiary alicyclic amines) is 1. The number of carbonyl (C=O) groups is 1. The maximum atomic E-state index is 14.1. The monoisotopic (exact) mass is 398 g/mol. The van der Waals surface area contributed by atoms with Gasteiger partial charge in [0.1, 0.15) is 16.2 Å². The fourth-order valence-electron chi connectivity index (χ4n) is 4.32. The maximum absolute atomic E-state index is 14.1. The summed E-state index contributed by atoms with van der Waals surface area (Å²) in [5.74, 6) is 0.359. The van der Waals surface area contributed by atoms with Crippen LogP contribution in [0.15, 0.2) is 30.3 Å². The van der Waals surface area contributed by atoms with Crippen LogP contribution in [-0.2, 0) is 10.2 Å². The average Bonchev–Trinajstić information content (AvgIpc) is 3.37. The summed E-state index contributed by atoms with van der Waals surface area (Å²) in [7, 11) is 1.59. The van der Waals surface area contributed by atoms with Crippen LogP contribution >= 0.6 is 11.3 Å². The molecule has 1 amide bonds. The van der Waals surface area contributed by atoms with Crippen LogP contribution in [0.1, 0.15) is 18.9 Å². The van der Waals surface area contributed by atoms with E-state index in [1.54, 1.807) is 26.2 Å². The van der Waals surface area contributed by atoms with Crippen molar-refractivity contribution in [2.24, 2.45) is 0 Å². The van der Waals surface area contributed by atoms with Crippen molar-refractivity contribution in [1.29, 1.82) is 0 Å². The Morgan fingerprint density at radius 2 is 2.11 bits per heavy atom. The third-order valence-electron chi connectivity index (χ3n) is 5.74. The van der Waals surface area contributed by atoms with Gasteiger partial charge in [-0.2, -0.15) is 0 Å². The minimum absolute atomic E-state index is 0.0598. The number of anilines is 2. The van der Waals surface area contributed by atoms with E-state index in [1.807, 2.05) is 17.0 Å². The zero-order valence-corrected chi connectivity index (χ0v) is 16.4. The largest absolute Gasteiger partial charge is 0.481 e. The summed E-state index contributed by atoms with van der Waals surface area (Å²) < 4.78 is 19.3. The number of ether oxygens (including phenoxy) is 1. The highest BCUT2D eigenvalue weighted by atomic mass is 32.1. The molecule has 3 aromatic rings. The average molecular weight is 398 g/mol. The molecule has 1 fully saturated rings. The van der Waals surface area contributed by atoms with Crippen molar-refractivity contribution in [1.82, 2.24) is 14.9 Å². The van der Waals surface area contributed by atoms with Crippen molar-refractivity contribution in [2.45, 2.75) is 18.8 Å². The van der Waals surface area contributed by atoms with E-state index in [-0.39, 0.29) is 17.1 Å². The topological polar surface area (TPSA) is 58.6 Å². The molecule has 144 valence electrons. The molecule has 0 aliphatic carbocycles. The molecular formula is C20H19FN4O2S. The molecule has 5 rings (SSSR count). The van der Waals surface area contributed by atoms with Gasteiger partial charge in [-0.1, -0.05) is 11.3 Å². The predicted octanol–water partition coefficient (Wildman–Crippen LogP) is 3.48. The molecule has 28 heavy (non-hydrogen) atoms. The molecule has 8 heteroatoms. The van der Waals surface area contributed by atoms with E-state index in [9.17, 15) is 9.18 Å². The van der Waals surface area contributed by atoms with Gasteiger partial charge in [-0.05, 0) is 36.2 Å². The minimum atomic E-state index is -0.272. The lowest BCUT2D eigenvalue weighted by atomic mass is 9.81. The first-order valence-corrected chi connectivity index (χ1v) is 9.95. The van der Waals surface area contributed by atoms with Crippen molar-refractivity contribution >= 4 is 38.4 Å². The van der Waals surface area contributed by atoms with Crippen LogP contribution in [0.4, 0.5) is 15.2 Å². The fourth-order valence-corrected chi connectivity index (χ4v) is 5.26. The van der Waals surface area contributed by atoms with Gasteiger partial charge < -0.3 is 14.5 Å². The van der Waals surface area contributed by atoms with E-state index in [4.69, 9.17) is 9.72 Å². The summed E-state index contributed by atoms with van der Waals surface area (Å²) in [5, 5.41) is 0.821. The number of nitrogens with zero attached hydrogens (tertiary/aromatic N) is 4. The lowest BCUT2D eigenvalue weighted by Crippen LogP contribution is -2.36. The van der Waals surface area contributed by atoms with E-state index in [2.05, 4.69) is 9.88 Å². The first-order valence-electron chi connectivity index (χ1n) is 9.14. The second-order valence-corrected chi connectivity index (χ2v) is 8.35. The number of methoxy groups -OCH3 is 1. The summed E-state index contributed by atoms with van der Waals surface area (Å²) in [6.07, 6.45) is 0.816. The molecule has 1 atom stereocenters. The molecule has 0 N–H and O–H groups in total. The highest BCUT2D eigenvalue weighted by molar-refractivity contribution is 7.21. The SMILES string of the molecule is COc1ccc2nc(N3CC4(CCN(C(C)=O)C4)c4cc(F)ccc43)sc2n1. The highest BCUT2D eigenvalue weighted by Crippen LogP contribution is 2.50. The van der Waals surface area contributed by atoms with Crippen LogP contribution in [0.2, 0.25) is 0 Å². The molecule has 2 aromatic heterocycles. The van der Waals surface area contributed by atoms with Gasteiger partial charge in [0.05, 0.1) is 7.11 Å². The summed E-state index contributed by atoms with van der Waals surface area (Å²) >= 11 is 1.49. The number of rotatable bonds is 2. The van der Waals surface area contributed by atoms with E-state index >= 15 is 0 Å². The summed E-state index contributed by atoms with van der Waals surface area (Å²) in [6.45, 7) is 3.56. The molecule has 0 bridgehead atoms. The van der Waals surface area contributed by atoms with Gasteiger partial charge in [0, 0.05) is 43.7 Å². The number of pyridine rings is 1. The van der Waals surface area contributed by atoms with Gasteiger partial charge in [0.15, 0.2) is 5.13 Å². The number of carbonyl (C=O) groups excluding carboxylic acids is 1. The van der Waals surface area contributed by atoms with Crippen molar-refractivity contribution < 1.29 is 13.9 Å². The van der Waals surface area contributed by atoms with E-state index in [1.165, 1.54) is 17.4 Å². The van der Waals surface area contributed by atoms with E-state index in [0.29, 0.717) is 25.5 Å². The Hall–Kier alpha value is -2.74. The Morgan fingerprint density at radius 3 is 2.86 bits per heavy atom. The van der Waals surface area contributed by atoms with Gasteiger partial charge in [0.25, 0.3) is 0 Å². The summed E-state index contributed by atoms with van der Waals surface area (Å²) in [6, 6.07) is 8.61. The third kappa shape index (κ3) is 2.55. The third-order valence-corrected chi connectivity index (χ3v) is 6.73. The molecule has 1 saturated heterocycles. The van der Waals surface area contributed by atoms with Gasteiger partial charge >= 0.3 is 0 Å². The fraction of sp³-hybridized carbons (Fsp3) is 0.350. The first kappa shape index (κ1) is 17.4. The molecule has 2 aliphatic rings. The molecule has 6 nitrogen and oxygen atoms in total. The summed E-state index contributed by atoms with van der Waals surface area (Å²) in [5.41, 5.74) is 2.45. The maximum Gasteiger partial charge on any atom is 0.219 e. The van der Waals surface area contributed by atoms with E-state index < -0.39 is 0 Å². The number of hydrogen-bond donors (Lipinski definition) is 0. The Morgan fingerprint density at radius 1 is 1.25 bits per heavy atom. The zero-order chi connectivity index (χ0) is 19.5. The van der Waals surface area contributed by atoms with Gasteiger partial charge in [-0.3, -0.25) is 4.79 Å². The predicted molar refractivity (Wildman–Crippen MR) is 106 cm³/mol. The van der Waals surface area contributed by atoms with Crippen LogP contribution in [0.25, 0.3) is 10.3 Å². The Balaban J connectivity index is 1.59. The molecule has 1 aromatic carbocycles. The van der Waals surface area contributed by atoms with E-state index in [0.717, 1.165) is 33.2 Å². The number of aromatic nitrogens is 2. The van der Waals surface area contributed by atoms with Crippen LogP contribution < -0.4 is 9.64 Å². The highest BCUT2D eigenvalue weighted by Gasteiger charge is 2.49. The molecule has 0 radical (unpaired) electrons. The Bertz CT molecular complexity index is 1100. The second kappa shape index (κ2) is 6.13.